The Morgan fingerprint density at radius 1 is 1.17 bits per heavy atom. The van der Waals surface area contributed by atoms with Crippen molar-refractivity contribution < 1.29 is 19.0 Å². The first-order valence-corrected chi connectivity index (χ1v) is 8.47. The summed E-state index contributed by atoms with van der Waals surface area (Å²) in [4.78, 5) is 12.1. The molecular formula is C18H18BrNO4. The molecule has 2 aromatic rings. The zero-order valence-electron chi connectivity index (χ0n) is 13.3. The van der Waals surface area contributed by atoms with Gasteiger partial charge in [0, 0.05) is 18.2 Å². The molecule has 0 aromatic heterocycles. The summed E-state index contributed by atoms with van der Waals surface area (Å²) < 4.78 is 17.1. The highest BCUT2D eigenvalue weighted by Gasteiger charge is 2.13. The van der Waals surface area contributed by atoms with Crippen LogP contribution in [-0.4, -0.2) is 26.2 Å². The van der Waals surface area contributed by atoms with E-state index in [-0.39, 0.29) is 5.91 Å². The summed E-state index contributed by atoms with van der Waals surface area (Å²) in [5.74, 6) is 2.11. The summed E-state index contributed by atoms with van der Waals surface area (Å²) in [5.41, 5.74) is 1.78. The summed E-state index contributed by atoms with van der Waals surface area (Å²) >= 11 is 3.45. The second kappa shape index (κ2) is 7.57. The van der Waals surface area contributed by atoms with Gasteiger partial charge >= 0.3 is 0 Å². The highest BCUT2D eigenvalue weighted by Crippen LogP contribution is 2.32. The predicted molar refractivity (Wildman–Crippen MR) is 95.1 cm³/mol. The van der Waals surface area contributed by atoms with Crippen molar-refractivity contribution in [3.8, 4) is 17.2 Å². The van der Waals surface area contributed by atoms with Crippen LogP contribution in [0.4, 0.5) is 5.69 Å². The van der Waals surface area contributed by atoms with E-state index in [1.807, 2.05) is 30.3 Å². The van der Waals surface area contributed by atoms with Crippen LogP contribution in [0.2, 0.25) is 0 Å². The Morgan fingerprint density at radius 3 is 2.71 bits per heavy atom. The fraction of sp³-hybridized carbons (Fsp3) is 0.278. The molecule has 1 aliphatic rings. The van der Waals surface area contributed by atoms with E-state index in [1.54, 1.807) is 13.2 Å². The molecule has 0 spiro atoms. The van der Waals surface area contributed by atoms with E-state index < -0.39 is 0 Å². The van der Waals surface area contributed by atoms with Gasteiger partial charge in [0.05, 0.1) is 11.6 Å². The third-order valence-corrected chi connectivity index (χ3v) is 4.30. The van der Waals surface area contributed by atoms with Crippen molar-refractivity contribution >= 4 is 27.5 Å². The topological polar surface area (TPSA) is 56.8 Å². The van der Waals surface area contributed by atoms with Crippen LogP contribution in [0.15, 0.2) is 40.9 Å². The molecule has 0 atom stereocenters. The number of carbonyl (C=O) groups is 1. The molecule has 3 rings (SSSR count). The van der Waals surface area contributed by atoms with Crippen molar-refractivity contribution in [2.24, 2.45) is 0 Å². The van der Waals surface area contributed by atoms with Crippen molar-refractivity contribution in [2.45, 2.75) is 12.8 Å². The van der Waals surface area contributed by atoms with Gasteiger partial charge in [-0.3, -0.25) is 4.79 Å². The fourth-order valence-electron chi connectivity index (χ4n) is 2.47. The van der Waals surface area contributed by atoms with Crippen LogP contribution < -0.4 is 19.5 Å². The van der Waals surface area contributed by atoms with Gasteiger partial charge < -0.3 is 19.5 Å². The minimum Gasteiger partial charge on any atom is -0.496 e. The van der Waals surface area contributed by atoms with E-state index in [0.717, 1.165) is 15.8 Å². The molecule has 0 saturated heterocycles. The number of rotatable bonds is 5. The molecule has 0 bridgehead atoms. The minimum absolute atomic E-state index is 0.0429. The number of nitrogens with one attached hydrogen (secondary N) is 1. The molecule has 24 heavy (non-hydrogen) atoms. The van der Waals surface area contributed by atoms with Gasteiger partial charge in [0.15, 0.2) is 11.5 Å². The third-order valence-electron chi connectivity index (χ3n) is 3.68. The number of anilines is 1. The lowest BCUT2D eigenvalue weighted by molar-refractivity contribution is -0.116. The standard InChI is InChI=1S/C18H18BrNO4/c1-22-15-5-2-12(10-14(15)19)3-7-18(21)20-13-4-6-16-17(11-13)24-9-8-23-16/h2,4-6,10-11H,3,7-9H2,1H3,(H,20,21). The Labute approximate surface area is 149 Å². The number of amides is 1. The maximum atomic E-state index is 12.1. The lowest BCUT2D eigenvalue weighted by Crippen LogP contribution is -2.16. The summed E-state index contributed by atoms with van der Waals surface area (Å²) in [6.07, 6.45) is 1.05. The van der Waals surface area contributed by atoms with Gasteiger partial charge in [-0.15, -0.1) is 0 Å². The normalized spacial score (nSPS) is 12.6. The quantitative estimate of drug-likeness (QED) is 0.841. The second-order valence-corrected chi connectivity index (χ2v) is 6.23. The van der Waals surface area contributed by atoms with Gasteiger partial charge in [-0.2, -0.15) is 0 Å². The van der Waals surface area contributed by atoms with Crippen LogP contribution >= 0.6 is 15.9 Å². The van der Waals surface area contributed by atoms with Gasteiger partial charge in [0.1, 0.15) is 19.0 Å². The Morgan fingerprint density at radius 2 is 1.96 bits per heavy atom. The Hall–Kier alpha value is -2.21. The molecule has 1 N–H and O–H groups in total. The number of carbonyl (C=O) groups excluding carboxylic acids is 1. The molecule has 1 aliphatic heterocycles. The molecule has 0 saturated carbocycles. The summed E-state index contributed by atoms with van der Waals surface area (Å²) in [5, 5.41) is 2.89. The van der Waals surface area contributed by atoms with Crippen LogP contribution in [0.3, 0.4) is 0 Å². The number of fused-ring (bicyclic) bond motifs is 1. The average molecular weight is 392 g/mol. The molecule has 0 unspecified atom stereocenters. The summed E-state index contributed by atoms with van der Waals surface area (Å²) in [7, 11) is 1.63. The van der Waals surface area contributed by atoms with Gasteiger partial charge in [-0.05, 0) is 52.2 Å². The zero-order valence-corrected chi connectivity index (χ0v) is 14.9. The zero-order chi connectivity index (χ0) is 16.9. The average Bonchev–Trinajstić information content (AvgIpc) is 2.60. The van der Waals surface area contributed by atoms with Crippen molar-refractivity contribution in [2.75, 3.05) is 25.6 Å². The smallest absolute Gasteiger partial charge is 0.224 e. The van der Waals surface area contributed by atoms with Gasteiger partial charge in [-0.25, -0.2) is 0 Å². The number of methoxy groups -OCH3 is 1. The summed E-state index contributed by atoms with van der Waals surface area (Å²) in [6.45, 7) is 1.08. The first kappa shape index (κ1) is 16.6. The van der Waals surface area contributed by atoms with Crippen molar-refractivity contribution in [3.05, 3.63) is 46.4 Å². The Kier molecular flexibility index (Phi) is 5.25. The lowest BCUT2D eigenvalue weighted by atomic mass is 10.1. The van der Waals surface area contributed by atoms with Gasteiger partial charge in [0.2, 0.25) is 5.91 Å². The van der Waals surface area contributed by atoms with Crippen molar-refractivity contribution in [1.82, 2.24) is 0 Å². The largest absolute Gasteiger partial charge is 0.496 e. The molecule has 1 amide bonds. The number of hydrogen-bond acceptors (Lipinski definition) is 4. The molecule has 1 heterocycles. The lowest BCUT2D eigenvalue weighted by Gasteiger charge is -2.19. The number of halogens is 1. The molecule has 0 aliphatic carbocycles. The van der Waals surface area contributed by atoms with Crippen molar-refractivity contribution in [1.29, 1.82) is 0 Å². The molecular weight excluding hydrogens is 374 g/mol. The third kappa shape index (κ3) is 4.00. The van der Waals surface area contributed by atoms with E-state index in [1.165, 1.54) is 0 Å². The highest BCUT2D eigenvalue weighted by atomic mass is 79.9. The second-order valence-electron chi connectivity index (χ2n) is 5.38. The first-order valence-electron chi connectivity index (χ1n) is 7.67. The van der Waals surface area contributed by atoms with E-state index in [0.29, 0.717) is 43.2 Å². The number of benzene rings is 2. The SMILES string of the molecule is COc1ccc(CCC(=O)Nc2ccc3c(c2)OCCO3)cc1Br. The van der Waals surface area contributed by atoms with Crippen LogP contribution in [0, 0.1) is 0 Å². The Bertz CT molecular complexity index is 748. The molecule has 126 valence electrons. The molecule has 0 radical (unpaired) electrons. The van der Waals surface area contributed by atoms with E-state index in [9.17, 15) is 4.79 Å². The van der Waals surface area contributed by atoms with Crippen LogP contribution in [-0.2, 0) is 11.2 Å². The fourth-order valence-corrected chi connectivity index (χ4v) is 3.06. The maximum absolute atomic E-state index is 12.1. The van der Waals surface area contributed by atoms with Crippen molar-refractivity contribution in [3.63, 3.8) is 0 Å². The molecule has 6 heteroatoms. The number of hydrogen-bond donors (Lipinski definition) is 1. The number of aryl methyl sites for hydroxylation is 1. The minimum atomic E-state index is -0.0429. The van der Waals surface area contributed by atoms with E-state index >= 15 is 0 Å². The molecule has 2 aromatic carbocycles. The van der Waals surface area contributed by atoms with Crippen LogP contribution in [0.25, 0.3) is 0 Å². The van der Waals surface area contributed by atoms with E-state index in [2.05, 4.69) is 21.2 Å². The van der Waals surface area contributed by atoms with Gasteiger partial charge in [-0.1, -0.05) is 6.07 Å². The molecule has 5 nitrogen and oxygen atoms in total. The predicted octanol–water partition coefficient (Wildman–Crippen LogP) is 3.80. The summed E-state index contributed by atoms with van der Waals surface area (Å²) in [6, 6.07) is 11.2. The molecule has 0 fully saturated rings. The maximum Gasteiger partial charge on any atom is 0.224 e. The van der Waals surface area contributed by atoms with E-state index in [4.69, 9.17) is 14.2 Å². The Balaban J connectivity index is 1.57. The highest BCUT2D eigenvalue weighted by molar-refractivity contribution is 9.10. The van der Waals surface area contributed by atoms with Crippen LogP contribution in [0.5, 0.6) is 17.2 Å². The number of ether oxygens (including phenoxy) is 3. The first-order chi connectivity index (χ1) is 11.7. The monoisotopic (exact) mass is 391 g/mol. The van der Waals surface area contributed by atoms with Gasteiger partial charge in [0.25, 0.3) is 0 Å². The van der Waals surface area contributed by atoms with Crippen LogP contribution in [0.1, 0.15) is 12.0 Å².